The van der Waals surface area contributed by atoms with Crippen LogP contribution in [0.3, 0.4) is 0 Å². The predicted octanol–water partition coefficient (Wildman–Crippen LogP) is 1.26. The number of nitrogens with one attached hydrogen (secondary N) is 3. The van der Waals surface area contributed by atoms with E-state index >= 15 is 0 Å². The van der Waals surface area contributed by atoms with Crippen LogP contribution in [-0.2, 0) is 10.0 Å². The Morgan fingerprint density at radius 2 is 1.54 bits per heavy atom. The van der Waals surface area contributed by atoms with Gasteiger partial charge >= 0.3 is 11.1 Å². The molecule has 0 radical (unpaired) electrons. The fourth-order valence-corrected chi connectivity index (χ4v) is 3.63. The van der Waals surface area contributed by atoms with Gasteiger partial charge in [0.25, 0.3) is 0 Å². The maximum absolute atomic E-state index is 12.5. The second-order valence-electron chi connectivity index (χ2n) is 5.37. The summed E-state index contributed by atoms with van der Waals surface area (Å²) in [5.74, 6) is 0. The first-order chi connectivity index (χ1) is 11.4. The number of benzene rings is 2. The Labute approximate surface area is 137 Å². The normalized spacial score (nSPS) is 13.0. The van der Waals surface area contributed by atoms with Crippen LogP contribution in [0.5, 0.6) is 0 Å². The summed E-state index contributed by atoms with van der Waals surface area (Å²) >= 11 is 0. The van der Waals surface area contributed by atoms with Gasteiger partial charge in [-0.1, -0.05) is 30.3 Å². The van der Waals surface area contributed by atoms with E-state index in [2.05, 4.69) is 14.7 Å². The van der Waals surface area contributed by atoms with Crippen LogP contribution in [0.4, 0.5) is 0 Å². The van der Waals surface area contributed by atoms with E-state index in [4.69, 9.17) is 0 Å². The van der Waals surface area contributed by atoms with Gasteiger partial charge in [0, 0.05) is 6.04 Å². The van der Waals surface area contributed by atoms with E-state index < -0.39 is 27.2 Å². The van der Waals surface area contributed by atoms with Gasteiger partial charge in [-0.25, -0.2) is 13.1 Å². The highest BCUT2D eigenvalue weighted by atomic mass is 32.2. The Morgan fingerprint density at radius 1 is 0.917 bits per heavy atom. The number of hydrogen-bond acceptors (Lipinski definition) is 4. The maximum Gasteiger partial charge on any atom is 0.314 e. The number of aromatic nitrogens is 2. The van der Waals surface area contributed by atoms with Gasteiger partial charge in [0.1, 0.15) is 0 Å². The van der Waals surface area contributed by atoms with Crippen LogP contribution in [0.15, 0.2) is 63.0 Å². The number of hydrogen-bond donors (Lipinski definition) is 3. The summed E-state index contributed by atoms with van der Waals surface area (Å²) in [5, 5.41) is 0. The lowest BCUT2D eigenvalue weighted by Gasteiger charge is -2.14. The lowest BCUT2D eigenvalue weighted by molar-refractivity contribution is 0.567. The van der Waals surface area contributed by atoms with E-state index in [9.17, 15) is 18.0 Å². The highest BCUT2D eigenvalue weighted by molar-refractivity contribution is 7.89. The minimum absolute atomic E-state index is 0.000445. The van der Waals surface area contributed by atoms with Crippen molar-refractivity contribution in [1.82, 2.24) is 14.7 Å². The Hall–Kier alpha value is -2.71. The molecule has 8 heteroatoms. The first-order valence-electron chi connectivity index (χ1n) is 7.20. The zero-order chi connectivity index (χ0) is 17.3. The standard InChI is InChI=1S/C16H15N3O4S/c1-10(11-5-3-2-4-6-11)19-24(22,23)12-7-8-13-14(9-12)18-16(21)15(20)17-13/h2-10,19H,1H3,(H,17,20)(H,18,21). The van der Waals surface area contributed by atoms with Gasteiger partial charge in [-0.2, -0.15) is 0 Å². The number of rotatable bonds is 4. The van der Waals surface area contributed by atoms with E-state index in [1.54, 1.807) is 6.92 Å². The van der Waals surface area contributed by atoms with Crippen molar-refractivity contribution in [3.63, 3.8) is 0 Å². The van der Waals surface area contributed by atoms with Crippen LogP contribution >= 0.6 is 0 Å². The van der Waals surface area contributed by atoms with Gasteiger partial charge < -0.3 is 9.97 Å². The van der Waals surface area contributed by atoms with Gasteiger partial charge in [0.05, 0.1) is 15.9 Å². The molecule has 1 aromatic heterocycles. The third kappa shape index (κ3) is 3.15. The molecule has 2 aromatic carbocycles. The molecule has 0 aliphatic rings. The molecule has 0 bridgehead atoms. The molecule has 0 saturated heterocycles. The molecule has 0 aliphatic heterocycles. The zero-order valence-corrected chi connectivity index (χ0v) is 13.6. The zero-order valence-electron chi connectivity index (χ0n) is 12.7. The lowest BCUT2D eigenvalue weighted by atomic mass is 10.1. The Morgan fingerprint density at radius 3 is 2.21 bits per heavy atom. The summed E-state index contributed by atoms with van der Waals surface area (Å²) in [7, 11) is -3.79. The predicted molar refractivity (Wildman–Crippen MR) is 90.4 cm³/mol. The molecule has 24 heavy (non-hydrogen) atoms. The molecule has 1 atom stereocenters. The van der Waals surface area contributed by atoms with Crippen LogP contribution in [0.2, 0.25) is 0 Å². The number of aromatic amines is 2. The summed E-state index contributed by atoms with van der Waals surface area (Å²) in [4.78, 5) is 27.4. The van der Waals surface area contributed by atoms with Crippen LogP contribution < -0.4 is 15.8 Å². The van der Waals surface area contributed by atoms with Crippen LogP contribution in [-0.4, -0.2) is 18.4 Å². The van der Waals surface area contributed by atoms with Crippen molar-refractivity contribution in [3.8, 4) is 0 Å². The first-order valence-corrected chi connectivity index (χ1v) is 8.69. The van der Waals surface area contributed by atoms with Gasteiger partial charge in [-0.15, -0.1) is 0 Å². The fraction of sp³-hybridized carbons (Fsp3) is 0.125. The van der Waals surface area contributed by atoms with E-state index in [1.165, 1.54) is 18.2 Å². The summed E-state index contributed by atoms with van der Waals surface area (Å²) in [6, 6.07) is 12.9. The molecule has 3 aromatic rings. The van der Waals surface area contributed by atoms with Crippen molar-refractivity contribution in [2.75, 3.05) is 0 Å². The molecular formula is C16H15N3O4S. The average Bonchev–Trinajstić information content (AvgIpc) is 2.56. The largest absolute Gasteiger partial charge is 0.316 e. The second kappa shape index (κ2) is 6.06. The highest BCUT2D eigenvalue weighted by Crippen LogP contribution is 2.18. The number of sulfonamides is 1. The summed E-state index contributed by atoms with van der Waals surface area (Å²) in [6.07, 6.45) is 0. The van der Waals surface area contributed by atoms with Gasteiger partial charge in [-0.05, 0) is 30.7 Å². The second-order valence-corrected chi connectivity index (χ2v) is 7.08. The monoisotopic (exact) mass is 345 g/mol. The van der Waals surface area contributed by atoms with Crippen LogP contribution in [0, 0.1) is 0 Å². The molecule has 3 rings (SSSR count). The number of fused-ring (bicyclic) bond motifs is 1. The van der Waals surface area contributed by atoms with Gasteiger partial charge in [-0.3, -0.25) is 9.59 Å². The minimum Gasteiger partial charge on any atom is -0.316 e. The Kier molecular flexibility index (Phi) is 4.08. The number of H-pyrrole nitrogens is 2. The highest BCUT2D eigenvalue weighted by Gasteiger charge is 2.19. The molecular weight excluding hydrogens is 330 g/mol. The molecule has 1 unspecified atom stereocenters. The molecule has 7 nitrogen and oxygen atoms in total. The van der Waals surface area contributed by atoms with E-state index in [0.29, 0.717) is 5.52 Å². The van der Waals surface area contributed by atoms with Crippen LogP contribution in [0.1, 0.15) is 18.5 Å². The maximum atomic E-state index is 12.5. The van der Waals surface area contributed by atoms with Crippen molar-refractivity contribution in [1.29, 1.82) is 0 Å². The third-order valence-corrected chi connectivity index (χ3v) is 5.17. The molecule has 0 saturated carbocycles. The topological polar surface area (TPSA) is 112 Å². The van der Waals surface area contributed by atoms with Gasteiger partial charge in [0.2, 0.25) is 10.0 Å². The van der Waals surface area contributed by atoms with Crippen molar-refractivity contribution < 1.29 is 8.42 Å². The smallest absolute Gasteiger partial charge is 0.314 e. The van der Waals surface area contributed by atoms with Crippen molar-refractivity contribution in [3.05, 3.63) is 74.8 Å². The summed E-state index contributed by atoms with van der Waals surface area (Å²) < 4.78 is 27.7. The molecule has 1 heterocycles. The molecule has 124 valence electrons. The average molecular weight is 345 g/mol. The minimum atomic E-state index is -3.79. The van der Waals surface area contributed by atoms with E-state index in [1.807, 2.05) is 30.3 Å². The van der Waals surface area contributed by atoms with Crippen molar-refractivity contribution in [2.45, 2.75) is 17.9 Å². The van der Waals surface area contributed by atoms with Crippen molar-refractivity contribution >= 4 is 21.1 Å². The molecule has 0 amide bonds. The van der Waals surface area contributed by atoms with Crippen LogP contribution in [0.25, 0.3) is 11.0 Å². The Bertz CT molecular complexity index is 1100. The summed E-state index contributed by atoms with van der Waals surface area (Å²) in [5.41, 5.74) is -0.180. The van der Waals surface area contributed by atoms with E-state index in [0.717, 1.165) is 5.56 Å². The molecule has 0 fully saturated rings. The molecule has 0 aliphatic carbocycles. The Balaban J connectivity index is 1.97. The van der Waals surface area contributed by atoms with E-state index in [-0.39, 0.29) is 10.4 Å². The summed E-state index contributed by atoms with van der Waals surface area (Å²) in [6.45, 7) is 1.74. The quantitative estimate of drug-likeness (QED) is 0.618. The first kappa shape index (κ1) is 16.2. The van der Waals surface area contributed by atoms with Crippen molar-refractivity contribution in [2.24, 2.45) is 0 Å². The fourth-order valence-electron chi connectivity index (χ4n) is 2.37. The third-order valence-electron chi connectivity index (χ3n) is 3.64. The SMILES string of the molecule is CC(NS(=O)(=O)c1ccc2[nH]c(=O)c(=O)[nH]c2c1)c1ccccc1. The lowest BCUT2D eigenvalue weighted by Crippen LogP contribution is -2.29. The van der Waals surface area contributed by atoms with Gasteiger partial charge in [0.15, 0.2) is 0 Å². The molecule has 3 N–H and O–H groups in total. The molecule has 0 spiro atoms.